The smallest absolute Gasteiger partial charge is 0.229 e. The van der Waals surface area contributed by atoms with E-state index in [2.05, 4.69) is 0 Å². The number of benzene rings is 1. The lowest BCUT2D eigenvalue weighted by atomic mass is 10.1. The molecular weight excluding hydrogens is 272 g/mol. The molecule has 0 amide bonds. The first kappa shape index (κ1) is 12.9. The lowest BCUT2D eigenvalue weighted by Crippen LogP contribution is -1.99. The summed E-state index contributed by atoms with van der Waals surface area (Å²) in [6, 6.07) is 9.20. The normalized spacial score (nSPS) is 10.9. The van der Waals surface area contributed by atoms with Crippen LogP contribution in [0, 0.1) is 13.8 Å². The zero-order valence-electron chi connectivity index (χ0n) is 11.5. The SMILES string of the molecule is COc1cccc2oc(C(=O)c3cc(C)sc3C)cc12. The second-order valence-electron chi connectivity index (χ2n) is 4.64. The van der Waals surface area contributed by atoms with E-state index < -0.39 is 0 Å². The van der Waals surface area contributed by atoms with Crippen LogP contribution in [0.4, 0.5) is 0 Å². The van der Waals surface area contributed by atoms with E-state index in [4.69, 9.17) is 9.15 Å². The molecule has 0 saturated heterocycles. The van der Waals surface area contributed by atoms with Gasteiger partial charge in [-0.15, -0.1) is 11.3 Å². The third kappa shape index (κ3) is 2.02. The van der Waals surface area contributed by atoms with Crippen molar-refractivity contribution in [2.45, 2.75) is 13.8 Å². The number of ketones is 1. The maximum atomic E-state index is 12.5. The summed E-state index contributed by atoms with van der Waals surface area (Å²) in [5, 5.41) is 0.822. The van der Waals surface area contributed by atoms with Crippen LogP contribution in [0.1, 0.15) is 25.9 Å². The third-order valence-electron chi connectivity index (χ3n) is 3.25. The summed E-state index contributed by atoms with van der Waals surface area (Å²) < 4.78 is 11.0. The highest BCUT2D eigenvalue weighted by molar-refractivity contribution is 7.12. The van der Waals surface area contributed by atoms with Gasteiger partial charge in [0.2, 0.25) is 5.78 Å². The number of thiophene rings is 1. The van der Waals surface area contributed by atoms with E-state index in [9.17, 15) is 4.79 Å². The molecule has 0 atom stereocenters. The van der Waals surface area contributed by atoms with Crippen molar-refractivity contribution < 1.29 is 13.9 Å². The summed E-state index contributed by atoms with van der Waals surface area (Å²) in [6.07, 6.45) is 0. The first-order valence-electron chi connectivity index (χ1n) is 6.28. The molecule has 3 rings (SSSR count). The van der Waals surface area contributed by atoms with Gasteiger partial charge in [0.15, 0.2) is 5.76 Å². The van der Waals surface area contributed by atoms with E-state index in [1.165, 1.54) is 0 Å². The van der Waals surface area contributed by atoms with Crippen LogP contribution in [0.25, 0.3) is 11.0 Å². The number of aryl methyl sites for hydroxylation is 2. The molecule has 0 aliphatic heterocycles. The average molecular weight is 286 g/mol. The van der Waals surface area contributed by atoms with Gasteiger partial charge in [-0.1, -0.05) is 6.07 Å². The Kier molecular flexibility index (Phi) is 3.10. The number of hydrogen-bond donors (Lipinski definition) is 0. The van der Waals surface area contributed by atoms with Crippen LogP contribution >= 0.6 is 11.3 Å². The third-order valence-corrected chi connectivity index (χ3v) is 4.22. The number of hydrogen-bond acceptors (Lipinski definition) is 4. The minimum atomic E-state index is -0.0786. The number of carbonyl (C=O) groups excluding carboxylic acids is 1. The molecule has 0 aliphatic carbocycles. The first-order valence-corrected chi connectivity index (χ1v) is 7.10. The Balaban J connectivity index is 2.11. The predicted octanol–water partition coefficient (Wildman–Crippen LogP) is 4.35. The van der Waals surface area contributed by atoms with E-state index in [1.54, 1.807) is 24.5 Å². The van der Waals surface area contributed by atoms with Crippen LogP contribution in [0.3, 0.4) is 0 Å². The van der Waals surface area contributed by atoms with Crippen LogP contribution in [-0.4, -0.2) is 12.9 Å². The highest BCUT2D eigenvalue weighted by Crippen LogP contribution is 2.31. The maximum absolute atomic E-state index is 12.5. The molecule has 0 bridgehead atoms. The molecule has 0 radical (unpaired) electrons. The molecular formula is C16H14O3S. The summed E-state index contributed by atoms with van der Waals surface area (Å²) in [5.41, 5.74) is 1.38. The number of furan rings is 1. The van der Waals surface area contributed by atoms with Crippen molar-refractivity contribution in [3.63, 3.8) is 0 Å². The quantitative estimate of drug-likeness (QED) is 0.672. The monoisotopic (exact) mass is 286 g/mol. The zero-order valence-corrected chi connectivity index (χ0v) is 12.3. The highest BCUT2D eigenvalue weighted by Gasteiger charge is 2.19. The van der Waals surface area contributed by atoms with Crippen molar-refractivity contribution in [3.8, 4) is 5.75 Å². The van der Waals surface area contributed by atoms with Crippen LogP contribution in [0.5, 0.6) is 5.75 Å². The molecule has 0 aliphatic rings. The molecule has 0 fully saturated rings. The second-order valence-corrected chi connectivity index (χ2v) is 6.10. The summed E-state index contributed by atoms with van der Waals surface area (Å²) in [5.74, 6) is 0.985. The van der Waals surface area contributed by atoms with Gasteiger partial charge in [-0.05, 0) is 38.1 Å². The van der Waals surface area contributed by atoms with Gasteiger partial charge in [0.25, 0.3) is 0 Å². The van der Waals surface area contributed by atoms with Gasteiger partial charge in [-0.25, -0.2) is 0 Å². The van der Waals surface area contributed by atoms with Crippen molar-refractivity contribution in [2.24, 2.45) is 0 Å². The molecule has 1 aromatic carbocycles. The van der Waals surface area contributed by atoms with Crippen LogP contribution in [0.15, 0.2) is 34.7 Å². The van der Waals surface area contributed by atoms with Gasteiger partial charge in [-0.2, -0.15) is 0 Å². The molecule has 20 heavy (non-hydrogen) atoms. The largest absolute Gasteiger partial charge is 0.496 e. The fourth-order valence-corrected chi connectivity index (χ4v) is 3.23. The average Bonchev–Trinajstić information content (AvgIpc) is 3.00. The Labute approximate surface area is 120 Å². The number of rotatable bonds is 3. The molecule has 2 aromatic heterocycles. The summed E-state index contributed by atoms with van der Waals surface area (Å²) >= 11 is 1.62. The molecule has 0 unspecified atom stereocenters. The molecule has 3 aromatic rings. The zero-order chi connectivity index (χ0) is 14.3. The van der Waals surface area contributed by atoms with Gasteiger partial charge < -0.3 is 9.15 Å². The number of methoxy groups -OCH3 is 1. The number of ether oxygens (including phenoxy) is 1. The van der Waals surface area contributed by atoms with Crippen molar-refractivity contribution in [1.82, 2.24) is 0 Å². The molecule has 0 spiro atoms. The van der Waals surface area contributed by atoms with E-state index >= 15 is 0 Å². The molecule has 102 valence electrons. The summed E-state index contributed by atoms with van der Waals surface area (Å²) in [4.78, 5) is 14.7. The van der Waals surface area contributed by atoms with Crippen molar-refractivity contribution in [2.75, 3.05) is 7.11 Å². The lowest BCUT2D eigenvalue weighted by Gasteiger charge is -1.98. The van der Waals surface area contributed by atoms with Crippen molar-refractivity contribution in [1.29, 1.82) is 0 Å². The Bertz CT molecular complexity index is 795. The minimum Gasteiger partial charge on any atom is -0.496 e. The number of carbonyl (C=O) groups is 1. The minimum absolute atomic E-state index is 0.0786. The lowest BCUT2D eigenvalue weighted by molar-refractivity contribution is 0.101. The first-order chi connectivity index (χ1) is 9.60. The number of fused-ring (bicyclic) bond motifs is 1. The van der Waals surface area contributed by atoms with Gasteiger partial charge in [0.1, 0.15) is 11.3 Å². The molecule has 2 heterocycles. The Morgan fingerprint density at radius 1 is 1.25 bits per heavy atom. The van der Waals surface area contributed by atoms with Crippen LogP contribution in [0.2, 0.25) is 0 Å². The van der Waals surface area contributed by atoms with Gasteiger partial charge >= 0.3 is 0 Å². The van der Waals surface area contributed by atoms with E-state index in [0.717, 1.165) is 15.1 Å². The van der Waals surface area contributed by atoms with Gasteiger partial charge in [-0.3, -0.25) is 4.79 Å². The molecule has 0 N–H and O–H groups in total. The second kappa shape index (κ2) is 4.80. The van der Waals surface area contributed by atoms with E-state index in [1.807, 2.05) is 38.1 Å². The Morgan fingerprint density at radius 3 is 2.70 bits per heavy atom. The standard InChI is InChI=1S/C16H14O3S/c1-9-7-11(10(2)20-9)16(17)15-8-12-13(18-3)5-4-6-14(12)19-15/h4-8H,1-3H3. The fraction of sp³-hybridized carbons (Fsp3) is 0.188. The van der Waals surface area contributed by atoms with Crippen LogP contribution < -0.4 is 4.74 Å². The maximum Gasteiger partial charge on any atom is 0.229 e. The van der Waals surface area contributed by atoms with E-state index in [0.29, 0.717) is 22.7 Å². The molecule has 0 saturated carbocycles. The topological polar surface area (TPSA) is 39.4 Å². The van der Waals surface area contributed by atoms with Crippen molar-refractivity contribution >= 4 is 28.1 Å². The van der Waals surface area contributed by atoms with Crippen molar-refractivity contribution in [3.05, 3.63) is 51.4 Å². The fourth-order valence-electron chi connectivity index (χ4n) is 2.31. The Morgan fingerprint density at radius 2 is 2.05 bits per heavy atom. The highest BCUT2D eigenvalue weighted by atomic mass is 32.1. The van der Waals surface area contributed by atoms with Crippen LogP contribution in [-0.2, 0) is 0 Å². The Hall–Kier alpha value is -2.07. The summed E-state index contributed by atoms with van der Waals surface area (Å²) in [6.45, 7) is 3.95. The van der Waals surface area contributed by atoms with Gasteiger partial charge in [0.05, 0.1) is 12.5 Å². The molecule has 4 heteroatoms. The summed E-state index contributed by atoms with van der Waals surface area (Å²) in [7, 11) is 1.61. The van der Waals surface area contributed by atoms with Gasteiger partial charge in [0, 0.05) is 15.3 Å². The predicted molar refractivity (Wildman–Crippen MR) is 80.0 cm³/mol. The molecule has 3 nitrogen and oxygen atoms in total. The van der Waals surface area contributed by atoms with E-state index in [-0.39, 0.29) is 5.78 Å².